The van der Waals surface area contributed by atoms with Gasteiger partial charge in [0.2, 0.25) is 0 Å². The van der Waals surface area contributed by atoms with Gasteiger partial charge in [0.25, 0.3) is 0 Å². The molecule has 0 aliphatic rings. The maximum Gasteiger partial charge on any atom is 0.116 e. The predicted octanol–water partition coefficient (Wildman–Crippen LogP) is 3.76. The molecule has 3 nitrogen and oxygen atoms in total. The van der Waals surface area contributed by atoms with Gasteiger partial charge in [0.15, 0.2) is 0 Å². The SMILES string of the molecule is CC(N=O)c1c[nH]c2ccc(Br)cc12. The van der Waals surface area contributed by atoms with E-state index in [2.05, 4.69) is 26.1 Å². The zero-order chi connectivity index (χ0) is 10.1. The molecule has 0 radical (unpaired) electrons. The third kappa shape index (κ3) is 1.46. The topological polar surface area (TPSA) is 45.2 Å². The second-order valence-electron chi connectivity index (χ2n) is 3.22. The van der Waals surface area contributed by atoms with Crippen LogP contribution in [0.2, 0.25) is 0 Å². The summed E-state index contributed by atoms with van der Waals surface area (Å²) in [5.74, 6) is 0. The van der Waals surface area contributed by atoms with E-state index in [-0.39, 0.29) is 6.04 Å². The number of aromatic amines is 1. The van der Waals surface area contributed by atoms with Crippen molar-refractivity contribution in [3.05, 3.63) is 39.3 Å². The molecule has 0 saturated carbocycles. The van der Waals surface area contributed by atoms with E-state index in [0.717, 1.165) is 20.9 Å². The summed E-state index contributed by atoms with van der Waals surface area (Å²) in [7, 11) is 0. The minimum atomic E-state index is -0.307. The molecule has 4 heteroatoms. The van der Waals surface area contributed by atoms with Gasteiger partial charge in [0, 0.05) is 27.1 Å². The molecule has 1 heterocycles. The molecule has 0 amide bonds. The Morgan fingerprint density at radius 1 is 1.50 bits per heavy atom. The molecule has 1 aromatic heterocycles. The van der Waals surface area contributed by atoms with Crippen LogP contribution in [0.1, 0.15) is 18.5 Å². The standard InChI is InChI=1S/C10H9BrN2O/c1-6(13-14)9-5-12-10-3-2-7(11)4-8(9)10/h2-6,12H,1H3. The molecule has 1 N–H and O–H groups in total. The van der Waals surface area contributed by atoms with Crippen LogP contribution in [-0.4, -0.2) is 4.98 Å². The number of fused-ring (bicyclic) bond motifs is 1. The van der Waals surface area contributed by atoms with E-state index < -0.39 is 0 Å². The first-order chi connectivity index (χ1) is 6.72. The minimum Gasteiger partial charge on any atom is -0.361 e. The summed E-state index contributed by atoms with van der Waals surface area (Å²) in [5, 5.41) is 4.07. The van der Waals surface area contributed by atoms with Gasteiger partial charge in [0.1, 0.15) is 6.04 Å². The van der Waals surface area contributed by atoms with E-state index in [1.54, 1.807) is 6.92 Å². The van der Waals surface area contributed by atoms with Crippen molar-refractivity contribution in [3.8, 4) is 0 Å². The molecule has 0 spiro atoms. The molecule has 0 saturated heterocycles. The second kappa shape index (κ2) is 3.53. The number of aromatic nitrogens is 1. The first-order valence-corrected chi connectivity index (χ1v) is 5.10. The van der Waals surface area contributed by atoms with Crippen LogP contribution in [0.4, 0.5) is 0 Å². The third-order valence-corrected chi connectivity index (χ3v) is 2.78. The van der Waals surface area contributed by atoms with Crippen molar-refractivity contribution >= 4 is 26.8 Å². The van der Waals surface area contributed by atoms with Gasteiger partial charge in [-0.05, 0) is 25.1 Å². The van der Waals surface area contributed by atoms with Crippen molar-refractivity contribution in [1.29, 1.82) is 0 Å². The smallest absolute Gasteiger partial charge is 0.116 e. The summed E-state index contributed by atoms with van der Waals surface area (Å²) in [6.45, 7) is 1.79. The number of nitrogens with zero attached hydrogens (tertiary/aromatic N) is 1. The fraction of sp³-hybridized carbons (Fsp3) is 0.200. The van der Waals surface area contributed by atoms with Gasteiger partial charge in [-0.15, -0.1) is 0 Å². The van der Waals surface area contributed by atoms with Gasteiger partial charge in [-0.1, -0.05) is 21.1 Å². The molecule has 2 aromatic rings. The molecule has 1 atom stereocenters. The van der Waals surface area contributed by atoms with Gasteiger partial charge in [0.05, 0.1) is 0 Å². The Balaban J connectivity index is 2.66. The lowest BCUT2D eigenvalue weighted by molar-refractivity contribution is 0.819. The second-order valence-corrected chi connectivity index (χ2v) is 4.13. The summed E-state index contributed by atoms with van der Waals surface area (Å²) < 4.78 is 1.00. The monoisotopic (exact) mass is 252 g/mol. The van der Waals surface area contributed by atoms with Crippen LogP contribution in [0.5, 0.6) is 0 Å². The van der Waals surface area contributed by atoms with E-state index in [1.807, 2.05) is 24.4 Å². The average molecular weight is 253 g/mol. The van der Waals surface area contributed by atoms with Gasteiger partial charge in [-0.25, -0.2) is 0 Å². The number of halogens is 1. The van der Waals surface area contributed by atoms with Gasteiger partial charge in [-0.3, -0.25) is 0 Å². The van der Waals surface area contributed by atoms with Crippen LogP contribution in [0, 0.1) is 4.91 Å². The van der Waals surface area contributed by atoms with Crippen molar-refractivity contribution < 1.29 is 0 Å². The van der Waals surface area contributed by atoms with Crippen LogP contribution < -0.4 is 0 Å². The molecule has 0 fully saturated rings. The van der Waals surface area contributed by atoms with Gasteiger partial charge >= 0.3 is 0 Å². The molecule has 0 bridgehead atoms. The lowest BCUT2D eigenvalue weighted by atomic mass is 10.1. The lowest BCUT2D eigenvalue weighted by Gasteiger charge is -1.99. The highest BCUT2D eigenvalue weighted by Gasteiger charge is 2.11. The van der Waals surface area contributed by atoms with Crippen LogP contribution in [0.15, 0.2) is 34.0 Å². The lowest BCUT2D eigenvalue weighted by Crippen LogP contribution is -1.85. The average Bonchev–Trinajstić information content (AvgIpc) is 2.59. The maximum atomic E-state index is 10.5. The highest BCUT2D eigenvalue weighted by atomic mass is 79.9. The van der Waals surface area contributed by atoms with E-state index >= 15 is 0 Å². The van der Waals surface area contributed by atoms with E-state index in [1.165, 1.54) is 0 Å². The molecule has 2 rings (SSSR count). The van der Waals surface area contributed by atoms with Gasteiger partial charge in [-0.2, -0.15) is 4.91 Å². The summed E-state index contributed by atoms with van der Waals surface area (Å²) in [6.07, 6.45) is 1.84. The zero-order valence-electron chi connectivity index (χ0n) is 7.62. The van der Waals surface area contributed by atoms with E-state index in [4.69, 9.17) is 0 Å². The normalized spacial score (nSPS) is 13.0. The minimum absolute atomic E-state index is 0.307. The zero-order valence-corrected chi connectivity index (χ0v) is 9.21. The Bertz CT molecular complexity index is 478. The van der Waals surface area contributed by atoms with Crippen molar-refractivity contribution in [2.24, 2.45) is 5.18 Å². The highest BCUT2D eigenvalue weighted by molar-refractivity contribution is 9.10. The fourth-order valence-corrected chi connectivity index (χ4v) is 1.88. The predicted molar refractivity (Wildman–Crippen MR) is 60.2 cm³/mol. The van der Waals surface area contributed by atoms with Crippen molar-refractivity contribution in [3.63, 3.8) is 0 Å². The molecule has 1 unspecified atom stereocenters. The molecular weight excluding hydrogens is 244 g/mol. The van der Waals surface area contributed by atoms with Crippen LogP contribution in [0.3, 0.4) is 0 Å². The number of H-pyrrole nitrogens is 1. The Kier molecular flexibility index (Phi) is 2.37. The first-order valence-electron chi connectivity index (χ1n) is 4.31. The number of nitrogens with one attached hydrogen (secondary N) is 1. The van der Waals surface area contributed by atoms with Crippen molar-refractivity contribution in [1.82, 2.24) is 4.98 Å². The van der Waals surface area contributed by atoms with Crippen LogP contribution >= 0.6 is 15.9 Å². The summed E-state index contributed by atoms with van der Waals surface area (Å²) >= 11 is 3.40. The molecule has 72 valence electrons. The van der Waals surface area contributed by atoms with E-state index in [0.29, 0.717) is 0 Å². The molecule has 0 aliphatic heterocycles. The Hall–Kier alpha value is -1.16. The molecule has 1 aromatic carbocycles. The summed E-state index contributed by atoms with van der Waals surface area (Å²) in [6, 6.07) is 5.61. The third-order valence-electron chi connectivity index (χ3n) is 2.28. The fourth-order valence-electron chi connectivity index (χ4n) is 1.52. The Labute approximate surface area is 89.6 Å². The number of hydrogen-bond acceptors (Lipinski definition) is 2. The van der Waals surface area contributed by atoms with E-state index in [9.17, 15) is 4.91 Å². The number of nitroso groups, excluding NO2 is 1. The molecule has 0 aliphatic carbocycles. The quantitative estimate of drug-likeness (QED) is 0.813. The first kappa shape index (κ1) is 9.40. The van der Waals surface area contributed by atoms with Gasteiger partial charge < -0.3 is 4.98 Å². The number of rotatable bonds is 2. The maximum absolute atomic E-state index is 10.5. The Morgan fingerprint density at radius 2 is 2.29 bits per heavy atom. The van der Waals surface area contributed by atoms with Crippen molar-refractivity contribution in [2.75, 3.05) is 0 Å². The largest absolute Gasteiger partial charge is 0.361 e. The Morgan fingerprint density at radius 3 is 3.00 bits per heavy atom. The van der Waals surface area contributed by atoms with Crippen LogP contribution in [0.25, 0.3) is 10.9 Å². The highest BCUT2D eigenvalue weighted by Crippen LogP contribution is 2.28. The van der Waals surface area contributed by atoms with Crippen molar-refractivity contribution in [2.45, 2.75) is 13.0 Å². The summed E-state index contributed by atoms with van der Waals surface area (Å²) in [5.41, 5.74) is 1.97. The molecule has 14 heavy (non-hydrogen) atoms. The molecular formula is C10H9BrN2O. The van der Waals surface area contributed by atoms with Crippen LogP contribution in [-0.2, 0) is 0 Å². The number of hydrogen-bond donors (Lipinski definition) is 1. The summed E-state index contributed by atoms with van der Waals surface area (Å²) in [4.78, 5) is 13.6. The number of benzene rings is 1.